The number of carbonyl (C=O) groups is 2. The predicted molar refractivity (Wildman–Crippen MR) is 143 cm³/mol. The van der Waals surface area contributed by atoms with E-state index < -0.39 is 0 Å². The summed E-state index contributed by atoms with van der Waals surface area (Å²) < 4.78 is 5.86. The summed E-state index contributed by atoms with van der Waals surface area (Å²) in [5.41, 5.74) is 3.09. The Kier molecular flexibility index (Phi) is 6.05. The highest BCUT2D eigenvalue weighted by Crippen LogP contribution is 2.42. The summed E-state index contributed by atoms with van der Waals surface area (Å²) in [6.07, 6.45) is 6.29. The van der Waals surface area contributed by atoms with E-state index in [1.54, 1.807) is 17.7 Å². The van der Waals surface area contributed by atoms with Crippen LogP contribution in [0.4, 0.5) is 11.5 Å². The van der Waals surface area contributed by atoms with E-state index in [4.69, 9.17) is 4.74 Å². The van der Waals surface area contributed by atoms with E-state index in [1.165, 1.54) is 22.2 Å². The first-order valence-corrected chi connectivity index (χ1v) is 14.2. The van der Waals surface area contributed by atoms with E-state index in [1.807, 2.05) is 30.1 Å². The van der Waals surface area contributed by atoms with Crippen LogP contribution in [-0.2, 0) is 33.6 Å². The van der Waals surface area contributed by atoms with Gasteiger partial charge in [-0.2, -0.15) is 0 Å². The molecule has 1 saturated heterocycles. The van der Waals surface area contributed by atoms with Gasteiger partial charge in [0.2, 0.25) is 5.91 Å². The van der Waals surface area contributed by atoms with Gasteiger partial charge in [-0.1, -0.05) is 17.8 Å². The molecule has 2 atom stereocenters. The van der Waals surface area contributed by atoms with Gasteiger partial charge in [0.1, 0.15) is 17.0 Å². The molecule has 1 amide bonds. The van der Waals surface area contributed by atoms with Crippen LogP contribution < -0.4 is 5.32 Å². The third kappa shape index (κ3) is 4.41. The first-order chi connectivity index (χ1) is 17.3. The molecule has 7 nitrogen and oxygen atoms in total. The van der Waals surface area contributed by atoms with Crippen LogP contribution in [0.1, 0.15) is 49.1 Å². The van der Waals surface area contributed by atoms with Gasteiger partial charge < -0.3 is 15.0 Å². The molecule has 9 heteroatoms. The fourth-order valence-electron chi connectivity index (χ4n) is 5.74. The van der Waals surface area contributed by atoms with Gasteiger partial charge in [-0.25, -0.2) is 9.97 Å². The number of ether oxygens (including phenoxy) is 1. The SMILES string of the molecule is CN(C(=O)C1CCc2c(sc3ncnc(Nc4ccc5c(c4)SC(=O)C5)c23)C1)C1CCOC(C)(C)C1. The zero-order valence-electron chi connectivity index (χ0n) is 20.8. The summed E-state index contributed by atoms with van der Waals surface area (Å²) >= 11 is 2.99. The Bertz CT molecular complexity index is 1370. The van der Waals surface area contributed by atoms with Crippen LogP contribution in [0.2, 0.25) is 0 Å². The highest BCUT2D eigenvalue weighted by atomic mass is 32.2. The standard InChI is InChI=1S/C27H30N4O3S2/c1-27(2)13-18(8-9-34-27)31(3)26(33)16-5-7-19-21(10-16)36-25-23(19)24(28-14-29-25)30-17-6-4-15-11-22(32)35-20(15)12-17/h4,6,12,14,16,18H,5,7-11,13H2,1-3H3,(H,28,29,30). The first-order valence-electron chi connectivity index (χ1n) is 12.5. The van der Waals surface area contributed by atoms with Crippen molar-refractivity contribution in [1.82, 2.24) is 14.9 Å². The lowest BCUT2D eigenvalue weighted by molar-refractivity contribution is -0.142. The van der Waals surface area contributed by atoms with Crippen LogP contribution >= 0.6 is 23.1 Å². The van der Waals surface area contributed by atoms with E-state index in [0.717, 1.165) is 64.3 Å². The lowest BCUT2D eigenvalue weighted by atomic mass is 9.85. The molecule has 1 aromatic carbocycles. The number of thioether (sulfide) groups is 1. The number of amides is 1. The molecule has 0 saturated carbocycles. The van der Waals surface area contributed by atoms with E-state index in [0.29, 0.717) is 13.0 Å². The molecule has 2 aromatic heterocycles. The number of nitrogens with zero attached hydrogens (tertiary/aromatic N) is 3. The highest BCUT2D eigenvalue weighted by molar-refractivity contribution is 8.14. The number of aromatic nitrogens is 2. The van der Waals surface area contributed by atoms with Crippen LogP contribution in [0.25, 0.3) is 10.2 Å². The van der Waals surface area contributed by atoms with Crippen LogP contribution in [0.3, 0.4) is 0 Å². The number of rotatable bonds is 4. The monoisotopic (exact) mass is 522 g/mol. The highest BCUT2D eigenvalue weighted by Gasteiger charge is 2.36. The summed E-state index contributed by atoms with van der Waals surface area (Å²) in [6, 6.07) is 6.28. The van der Waals surface area contributed by atoms with Gasteiger partial charge >= 0.3 is 0 Å². The second-order valence-electron chi connectivity index (χ2n) is 10.6. The number of fused-ring (bicyclic) bond motifs is 4. The molecule has 3 aromatic rings. The van der Waals surface area contributed by atoms with Gasteiger partial charge in [0.15, 0.2) is 5.12 Å². The number of hydrogen-bond donors (Lipinski definition) is 1. The Morgan fingerprint density at radius 2 is 2.11 bits per heavy atom. The van der Waals surface area contributed by atoms with Crippen LogP contribution in [0, 0.1) is 5.92 Å². The van der Waals surface area contributed by atoms with E-state index in [2.05, 4.69) is 29.1 Å². The molecular weight excluding hydrogens is 492 g/mol. The zero-order valence-corrected chi connectivity index (χ0v) is 22.4. The fourth-order valence-corrected chi connectivity index (χ4v) is 7.94. The summed E-state index contributed by atoms with van der Waals surface area (Å²) in [5.74, 6) is 1.03. The van der Waals surface area contributed by atoms with Crippen LogP contribution in [0.15, 0.2) is 29.4 Å². The summed E-state index contributed by atoms with van der Waals surface area (Å²) in [5, 5.41) is 4.73. The van der Waals surface area contributed by atoms with E-state index in [9.17, 15) is 9.59 Å². The third-order valence-electron chi connectivity index (χ3n) is 7.65. The maximum atomic E-state index is 13.5. The van der Waals surface area contributed by atoms with Gasteiger partial charge in [0.25, 0.3) is 0 Å². The second-order valence-corrected chi connectivity index (χ2v) is 12.8. The molecule has 1 fully saturated rings. The Labute approximate surface area is 219 Å². The number of thiophene rings is 1. The summed E-state index contributed by atoms with van der Waals surface area (Å²) in [6.45, 7) is 4.92. The van der Waals surface area contributed by atoms with E-state index >= 15 is 0 Å². The first kappa shape index (κ1) is 23.9. The molecule has 2 unspecified atom stereocenters. The minimum Gasteiger partial charge on any atom is -0.375 e. The van der Waals surface area contributed by atoms with Crippen molar-refractivity contribution < 1.29 is 14.3 Å². The summed E-state index contributed by atoms with van der Waals surface area (Å²) in [4.78, 5) is 39.6. The smallest absolute Gasteiger partial charge is 0.226 e. The zero-order chi connectivity index (χ0) is 25.0. The summed E-state index contributed by atoms with van der Waals surface area (Å²) in [7, 11) is 1.96. The number of hydrogen-bond acceptors (Lipinski definition) is 8. The Balaban J connectivity index is 1.22. The molecule has 2 aliphatic heterocycles. The molecule has 36 heavy (non-hydrogen) atoms. The van der Waals surface area contributed by atoms with Crippen molar-refractivity contribution in [1.29, 1.82) is 0 Å². The van der Waals surface area contributed by atoms with E-state index in [-0.39, 0.29) is 28.6 Å². The molecule has 4 heterocycles. The molecule has 188 valence electrons. The quantitative estimate of drug-likeness (QED) is 0.508. The van der Waals surface area contributed by atoms with Gasteiger partial charge in [-0.3, -0.25) is 9.59 Å². The van der Waals surface area contributed by atoms with Crippen LogP contribution in [-0.4, -0.2) is 51.2 Å². The topological polar surface area (TPSA) is 84.4 Å². The Morgan fingerprint density at radius 1 is 1.25 bits per heavy atom. The second kappa shape index (κ2) is 9.11. The molecule has 6 rings (SSSR count). The molecule has 0 radical (unpaired) electrons. The van der Waals surface area contributed by atoms with Gasteiger partial charge in [-0.05, 0) is 69.2 Å². The van der Waals surface area contributed by atoms with Gasteiger partial charge in [0.05, 0.1) is 11.0 Å². The average Bonchev–Trinajstić information content (AvgIpc) is 3.41. The van der Waals surface area contributed by atoms with Crippen molar-refractivity contribution in [2.45, 2.75) is 68.9 Å². The third-order valence-corrected chi connectivity index (χ3v) is 9.78. The molecule has 3 aliphatic rings. The minimum absolute atomic E-state index is 0.00263. The number of benzene rings is 1. The molecular formula is C27H30N4O3S2. The molecule has 1 aliphatic carbocycles. The number of aryl methyl sites for hydroxylation is 1. The fraction of sp³-hybridized carbons (Fsp3) is 0.481. The number of carbonyl (C=O) groups excluding carboxylic acids is 2. The van der Waals surface area contributed by atoms with Crippen molar-refractivity contribution in [2.24, 2.45) is 5.92 Å². The minimum atomic E-state index is -0.183. The van der Waals surface area contributed by atoms with Crippen molar-refractivity contribution in [3.05, 3.63) is 40.5 Å². The Hall–Kier alpha value is -2.49. The van der Waals surface area contributed by atoms with Crippen molar-refractivity contribution in [2.75, 3.05) is 19.0 Å². The Morgan fingerprint density at radius 3 is 2.94 bits per heavy atom. The van der Waals surface area contributed by atoms with Gasteiger partial charge in [0, 0.05) is 47.5 Å². The predicted octanol–water partition coefficient (Wildman–Crippen LogP) is 5.13. The maximum absolute atomic E-state index is 13.5. The van der Waals surface area contributed by atoms with Crippen LogP contribution in [0.5, 0.6) is 0 Å². The lowest BCUT2D eigenvalue weighted by Crippen LogP contribution is -2.48. The molecule has 0 bridgehead atoms. The van der Waals surface area contributed by atoms with Crippen molar-refractivity contribution in [3.63, 3.8) is 0 Å². The number of nitrogens with one attached hydrogen (secondary N) is 1. The van der Waals surface area contributed by atoms with Crippen molar-refractivity contribution in [3.8, 4) is 0 Å². The largest absolute Gasteiger partial charge is 0.375 e. The number of anilines is 2. The lowest BCUT2D eigenvalue weighted by Gasteiger charge is -2.41. The maximum Gasteiger partial charge on any atom is 0.226 e. The molecule has 0 spiro atoms. The van der Waals surface area contributed by atoms with Gasteiger partial charge in [-0.15, -0.1) is 11.3 Å². The normalized spacial score (nSPS) is 22.8. The van der Waals surface area contributed by atoms with Crippen molar-refractivity contribution >= 4 is 55.8 Å². The molecule has 1 N–H and O–H groups in total. The average molecular weight is 523 g/mol.